The van der Waals surface area contributed by atoms with E-state index in [0.29, 0.717) is 37.7 Å². The van der Waals surface area contributed by atoms with Crippen molar-refractivity contribution >= 4 is 21.6 Å². The van der Waals surface area contributed by atoms with Gasteiger partial charge >= 0.3 is 0 Å². The molecule has 1 heterocycles. The summed E-state index contributed by atoms with van der Waals surface area (Å²) < 4.78 is 39.6. The standard InChI is InChI=1S/C18H20ClFN2O2S/c19-17-5-1-16(2-6-17)14-25(23,24)22-11-9-21(10-12-22)13-15-3-7-18(20)8-4-15/h1-8H,9-14H2. The summed E-state index contributed by atoms with van der Waals surface area (Å²) in [6, 6.07) is 13.3. The first-order chi connectivity index (χ1) is 11.9. The number of piperazine rings is 1. The zero-order valence-electron chi connectivity index (χ0n) is 13.7. The average Bonchev–Trinajstić information content (AvgIpc) is 2.59. The Morgan fingerprint density at radius 2 is 1.44 bits per heavy atom. The maximum Gasteiger partial charge on any atom is 0.218 e. The Kier molecular flexibility index (Phi) is 5.74. The summed E-state index contributed by atoms with van der Waals surface area (Å²) in [5, 5.41) is 0.593. The Bertz CT molecular complexity index is 802. The SMILES string of the molecule is O=S(=O)(Cc1ccc(Cl)cc1)N1CCN(Cc2ccc(F)cc2)CC1. The molecule has 3 rings (SSSR count). The van der Waals surface area contributed by atoms with Crippen molar-refractivity contribution in [3.05, 3.63) is 70.5 Å². The van der Waals surface area contributed by atoms with Crippen molar-refractivity contribution in [2.75, 3.05) is 26.2 Å². The summed E-state index contributed by atoms with van der Waals surface area (Å²) in [7, 11) is -3.34. The number of halogens is 2. The molecule has 4 nitrogen and oxygen atoms in total. The van der Waals surface area contributed by atoms with Crippen LogP contribution in [0.5, 0.6) is 0 Å². The van der Waals surface area contributed by atoms with Crippen LogP contribution >= 0.6 is 11.6 Å². The second-order valence-electron chi connectivity index (χ2n) is 6.18. The van der Waals surface area contributed by atoms with Gasteiger partial charge < -0.3 is 0 Å². The molecule has 0 spiro atoms. The van der Waals surface area contributed by atoms with Crippen molar-refractivity contribution < 1.29 is 12.8 Å². The van der Waals surface area contributed by atoms with Crippen LogP contribution in [0.1, 0.15) is 11.1 Å². The highest BCUT2D eigenvalue weighted by Gasteiger charge is 2.27. The van der Waals surface area contributed by atoms with Gasteiger partial charge in [-0.25, -0.2) is 12.8 Å². The average molecular weight is 383 g/mol. The Morgan fingerprint density at radius 1 is 0.880 bits per heavy atom. The smallest absolute Gasteiger partial charge is 0.218 e. The number of rotatable bonds is 5. The highest BCUT2D eigenvalue weighted by atomic mass is 35.5. The van der Waals surface area contributed by atoms with Crippen LogP contribution in [0.3, 0.4) is 0 Å². The normalized spacial score (nSPS) is 16.9. The summed E-state index contributed by atoms with van der Waals surface area (Å²) in [5.74, 6) is -0.260. The number of benzene rings is 2. The first-order valence-corrected chi connectivity index (χ1v) is 10.1. The molecule has 1 saturated heterocycles. The molecular weight excluding hydrogens is 363 g/mol. The molecule has 1 aliphatic heterocycles. The zero-order valence-corrected chi connectivity index (χ0v) is 15.3. The molecule has 0 aliphatic carbocycles. The van der Waals surface area contributed by atoms with Crippen LogP contribution in [0.2, 0.25) is 5.02 Å². The molecule has 0 radical (unpaired) electrons. The van der Waals surface area contributed by atoms with Gasteiger partial charge in [0.05, 0.1) is 5.75 Å². The molecule has 0 saturated carbocycles. The molecule has 0 N–H and O–H groups in total. The van der Waals surface area contributed by atoms with E-state index in [2.05, 4.69) is 4.90 Å². The van der Waals surface area contributed by atoms with Gasteiger partial charge in [-0.1, -0.05) is 35.9 Å². The Balaban J connectivity index is 1.55. The first-order valence-electron chi connectivity index (χ1n) is 8.11. The third-order valence-corrected chi connectivity index (χ3v) is 6.41. The predicted molar refractivity (Wildman–Crippen MR) is 97.3 cm³/mol. The van der Waals surface area contributed by atoms with Crippen molar-refractivity contribution in [2.45, 2.75) is 12.3 Å². The molecule has 0 atom stereocenters. The second-order valence-corrected chi connectivity index (χ2v) is 8.59. The quantitative estimate of drug-likeness (QED) is 0.797. The molecule has 2 aromatic rings. The van der Waals surface area contributed by atoms with Crippen LogP contribution in [-0.2, 0) is 22.3 Å². The predicted octanol–water partition coefficient (Wildman–Crippen LogP) is 3.13. The van der Waals surface area contributed by atoms with Gasteiger partial charge in [-0.15, -0.1) is 0 Å². The summed E-state index contributed by atoms with van der Waals surface area (Å²) in [4.78, 5) is 2.18. The minimum atomic E-state index is -3.34. The molecular formula is C18H20ClFN2O2S. The van der Waals surface area contributed by atoms with Gasteiger partial charge in [0, 0.05) is 37.7 Å². The van der Waals surface area contributed by atoms with E-state index in [0.717, 1.165) is 11.1 Å². The Labute approximate surface area is 152 Å². The van der Waals surface area contributed by atoms with Gasteiger partial charge in [-0.3, -0.25) is 4.90 Å². The van der Waals surface area contributed by atoms with E-state index in [4.69, 9.17) is 11.6 Å². The van der Waals surface area contributed by atoms with Crippen LogP contribution < -0.4 is 0 Å². The molecule has 25 heavy (non-hydrogen) atoms. The number of nitrogens with zero attached hydrogens (tertiary/aromatic N) is 2. The Hall–Kier alpha value is -1.47. The molecule has 0 amide bonds. The van der Waals surface area contributed by atoms with E-state index in [1.807, 2.05) is 0 Å². The fourth-order valence-corrected chi connectivity index (χ4v) is 4.54. The summed E-state index contributed by atoms with van der Waals surface area (Å²) in [5.41, 5.74) is 1.76. The van der Waals surface area contributed by atoms with Gasteiger partial charge in [-0.05, 0) is 35.4 Å². The number of sulfonamides is 1. The largest absolute Gasteiger partial charge is 0.296 e. The fraction of sp³-hybridized carbons (Fsp3) is 0.333. The molecule has 2 aromatic carbocycles. The van der Waals surface area contributed by atoms with E-state index in [9.17, 15) is 12.8 Å². The Morgan fingerprint density at radius 3 is 2.04 bits per heavy atom. The third kappa shape index (κ3) is 5.01. The molecule has 1 aliphatic rings. The van der Waals surface area contributed by atoms with Gasteiger partial charge in [0.2, 0.25) is 10.0 Å². The second kappa shape index (κ2) is 7.83. The molecule has 7 heteroatoms. The van der Waals surface area contributed by atoms with Crippen molar-refractivity contribution in [1.29, 1.82) is 0 Å². The van der Waals surface area contributed by atoms with Gasteiger partial charge in [-0.2, -0.15) is 4.31 Å². The van der Waals surface area contributed by atoms with E-state index in [-0.39, 0.29) is 11.6 Å². The zero-order chi connectivity index (χ0) is 17.9. The summed E-state index contributed by atoms with van der Waals surface area (Å²) in [6.45, 7) is 2.97. The van der Waals surface area contributed by atoms with Crippen LogP contribution in [0.15, 0.2) is 48.5 Å². The lowest BCUT2D eigenvalue weighted by Gasteiger charge is -2.34. The van der Waals surface area contributed by atoms with E-state index >= 15 is 0 Å². The highest BCUT2D eigenvalue weighted by Crippen LogP contribution is 2.17. The van der Waals surface area contributed by atoms with E-state index in [1.165, 1.54) is 12.1 Å². The molecule has 0 unspecified atom stereocenters. The van der Waals surface area contributed by atoms with Crippen LogP contribution in [0.4, 0.5) is 4.39 Å². The maximum atomic E-state index is 13.0. The van der Waals surface area contributed by atoms with Gasteiger partial charge in [0.25, 0.3) is 0 Å². The monoisotopic (exact) mass is 382 g/mol. The van der Waals surface area contributed by atoms with Crippen LogP contribution in [-0.4, -0.2) is 43.8 Å². The third-order valence-electron chi connectivity index (χ3n) is 4.31. The van der Waals surface area contributed by atoms with E-state index < -0.39 is 10.0 Å². The summed E-state index contributed by atoms with van der Waals surface area (Å²) in [6.07, 6.45) is 0. The van der Waals surface area contributed by atoms with E-state index in [1.54, 1.807) is 40.7 Å². The van der Waals surface area contributed by atoms with Crippen LogP contribution in [0, 0.1) is 5.82 Å². The lowest BCUT2D eigenvalue weighted by atomic mass is 10.2. The molecule has 0 bridgehead atoms. The lowest BCUT2D eigenvalue weighted by molar-refractivity contribution is 0.181. The van der Waals surface area contributed by atoms with Gasteiger partial charge in [0.1, 0.15) is 5.82 Å². The fourth-order valence-electron chi connectivity index (χ4n) is 2.90. The minimum absolute atomic E-state index is 0.0118. The molecule has 0 aromatic heterocycles. The van der Waals surface area contributed by atoms with Crippen molar-refractivity contribution in [3.63, 3.8) is 0 Å². The highest BCUT2D eigenvalue weighted by molar-refractivity contribution is 7.88. The number of hydrogen-bond donors (Lipinski definition) is 0. The first kappa shape index (κ1) is 18.3. The van der Waals surface area contributed by atoms with Crippen molar-refractivity contribution in [2.24, 2.45) is 0 Å². The topological polar surface area (TPSA) is 40.6 Å². The number of hydrogen-bond acceptors (Lipinski definition) is 3. The summed E-state index contributed by atoms with van der Waals surface area (Å²) >= 11 is 5.84. The van der Waals surface area contributed by atoms with Crippen LogP contribution in [0.25, 0.3) is 0 Å². The van der Waals surface area contributed by atoms with Crippen molar-refractivity contribution in [3.8, 4) is 0 Å². The van der Waals surface area contributed by atoms with Crippen molar-refractivity contribution in [1.82, 2.24) is 9.21 Å². The lowest BCUT2D eigenvalue weighted by Crippen LogP contribution is -2.48. The van der Waals surface area contributed by atoms with Gasteiger partial charge in [0.15, 0.2) is 0 Å². The minimum Gasteiger partial charge on any atom is -0.296 e. The maximum absolute atomic E-state index is 13.0. The molecule has 1 fully saturated rings. The molecule has 134 valence electrons.